The smallest absolute Gasteiger partial charge is 0.308 e. The second-order valence-corrected chi connectivity index (χ2v) is 11.7. The van der Waals surface area contributed by atoms with Crippen molar-refractivity contribution in [3.63, 3.8) is 0 Å². The molecule has 0 saturated carbocycles. The van der Waals surface area contributed by atoms with Crippen LogP contribution >= 0.6 is 0 Å². The number of unbranched alkanes of at least 4 members (excludes halogenated alkanes) is 1. The predicted octanol–water partition coefficient (Wildman–Crippen LogP) is 4.11. The molecule has 0 spiro atoms. The lowest BCUT2D eigenvalue weighted by molar-refractivity contribution is -0.143. The molecule has 3 unspecified atom stereocenters. The summed E-state index contributed by atoms with van der Waals surface area (Å²) in [5, 5.41) is 10.6. The summed E-state index contributed by atoms with van der Waals surface area (Å²) in [4.78, 5) is 33.0. The Morgan fingerprint density at radius 1 is 1.02 bits per heavy atom. The Kier molecular flexibility index (Phi) is 11.5. The van der Waals surface area contributed by atoms with Crippen LogP contribution in [0.2, 0.25) is 0 Å². The van der Waals surface area contributed by atoms with Crippen molar-refractivity contribution in [3.8, 4) is 23.0 Å². The first-order valence-electron chi connectivity index (χ1n) is 15.3. The molecule has 0 aromatic heterocycles. The number of hydrogen-bond acceptors (Lipinski definition) is 8. The fraction of sp³-hybridized carbons (Fsp3) is 0.576. The Morgan fingerprint density at radius 3 is 2.47 bits per heavy atom. The topological polar surface area (TPSA) is 101 Å². The second kappa shape index (κ2) is 15.3. The number of hydrogen-bond donors (Lipinski definition) is 1. The van der Waals surface area contributed by atoms with Crippen molar-refractivity contribution in [1.82, 2.24) is 14.7 Å². The van der Waals surface area contributed by atoms with Crippen molar-refractivity contribution < 1.29 is 33.6 Å². The maximum atomic E-state index is 13.8. The van der Waals surface area contributed by atoms with Crippen LogP contribution in [0.1, 0.15) is 49.7 Å². The Balaban J connectivity index is 1.64. The van der Waals surface area contributed by atoms with Gasteiger partial charge in [-0.2, -0.15) is 0 Å². The number of aliphatic carboxylic acids is 1. The van der Waals surface area contributed by atoms with E-state index in [4.69, 9.17) is 18.9 Å². The van der Waals surface area contributed by atoms with Gasteiger partial charge >= 0.3 is 5.97 Å². The molecule has 2 aromatic rings. The van der Waals surface area contributed by atoms with E-state index in [1.165, 1.54) is 0 Å². The normalized spacial score (nSPS) is 19.5. The number of ether oxygens (including phenoxy) is 4. The molecule has 2 aromatic carbocycles. The summed E-state index contributed by atoms with van der Waals surface area (Å²) in [6.45, 7) is 5.10. The van der Waals surface area contributed by atoms with Crippen molar-refractivity contribution in [2.45, 2.75) is 51.0 Å². The zero-order chi connectivity index (χ0) is 30.9. The van der Waals surface area contributed by atoms with Crippen LogP contribution in [0, 0.1) is 5.92 Å². The number of nitrogens with zero attached hydrogens (tertiary/aromatic N) is 3. The van der Waals surface area contributed by atoms with E-state index in [1.807, 2.05) is 55.4 Å². The monoisotopic (exact) mass is 597 g/mol. The Bertz CT molecular complexity index is 1240. The van der Waals surface area contributed by atoms with Gasteiger partial charge in [-0.3, -0.25) is 14.5 Å². The minimum Gasteiger partial charge on any atom is -0.496 e. The van der Waals surface area contributed by atoms with Gasteiger partial charge in [0.1, 0.15) is 5.75 Å². The van der Waals surface area contributed by atoms with Crippen LogP contribution in [0.3, 0.4) is 0 Å². The van der Waals surface area contributed by atoms with Gasteiger partial charge in [0.15, 0.2) is 11.5 Å². The number of rotatable bonds is 16. The van der Waals surface area contributed by atoms with Gasteiger partial charge in [-0.05, 0) is 75.6 Å². The Hall–Kier alpha value is -3.50. The standard InChI is InChI=1S/C33H47N3O7/c1-6-7-16-35(17-10-15-34(2)3)30(37)21-36-20-25(24-18-28(41-5)32-29(19-24)42-22-43-32)31(33(38)39)26(36)14-13-23-11-8-9-12-27(23)40-4/h8-9,11-12,18-19,25-26,31H,6-7,10,13-17,20-22H2,1-5H3,(H,38,39). The zero-order valence-corrected chi connectivity index (χ0v) is 26.2. The third-order valence-electron chi connectivity index (χ3n) is 8.55. The van der Waals surface area contributed by atoms with Crippen LogP contribution in [-0.4, -0.2) is 106 Å². The van der Waals surface area contributed by atoms with E-state index in [-0.39, 0.29) is 31.2 Å². The molecule has 1 N–H and O–H groups in total. The minimum atomic E-state index is -0.879. The molecule has 1 saturated heterocycles. The SMILES string of the molecule is CCCCN(CCCN(C)C)C(=O)CN1CC(c2cc(OC)c3c(c2)OCO3)C(C(=O)O)C1CCc1ccccc1OC. The van der Waals surface area contributed by atoms with Crippen molar-refractivity contribution in [2.75, 3.05) is 67.8 Å². The molecule has 236 valence electrons. The summed E-state index contributed by atoms with van der Waals surface area (Å²) in [6.07, 6.45) is 4.01. The molecule has 2 heterocycles. The number of carboxylic acids is 1. The van der Waals surface area contributed by atoms with Gasteiger partial charge in [0.05, 0.1) is 26.7 Å². The highest BCUT2D eigenvalue weighted by Crippen LogP contribution is 2.47. The quantitative estimate of drug-likeness (QED) is 0.306. The first-order chi connectivity index (χ1) is 20.8. The van der Waals surface area contributed by atoms with E-state index in [0.29, 0.717) is 49.7 Å². The molecule has 1 amide bonds. The van der Waals surface area contributed by atoms with Crippen molar-refractivity contribution in [3.05, 3.63) is 47.5 Å². The fourth-order valence-electron chi connectivity index (χ4n) is 6.33. The largest absolute Gasteiger partial charge is 0.496 e. The third-order valence-corrected chi connectivity index (χ3v) is 8.55. The molecule has 0 radical (unpaired) electrons. The lowest BCUT2D eigenvalue weighted by Crippen LogP contribution is -2.45. The number of para-hydroxylation sites is 1. The highest BCUT2D eigenvalue weighted by atomic mass is 16.7. The van der Waals surface area contributed by atoms with E-state index >= 15 is 0 Å². The second-order valence-electron chi connectivity index (χ2n) is 11.7. The van der Waals surface area contributed by atoms with Crippen molar-refractivity contribution in [2.24, 2.45) is 5.92 Å². The molecule has 2 aliphatic rings. The summed E-state index contributed by atoms with van der Waals surface area (Å²) in [6, 6.07) is 11.2. The summed E-state index contributed by atoms with van der Waals surface area (Å²) in [5.74, 6) is 0.433. The summed E-state index contributed by atoms with van der Waals surface area (Å²) < 4.78 is 22.4. The van der Waals surface area contributed by atoms with E-state index in [1.54, 1.807) is 14.2 Å². The molecule has 0 bridgehead atoms. The van der Waals surface area contributed by atoms with Crippen LogP contribution in [0.25, 0.3) is 0 Å². The van der Waals surface area contributed by atoms with Gasteiger partial charge < -0.3 is 33.9 Å². The molecule has 3 atom stereocenters. The lowest BCUT2D eigenvalue weighted by Gasteiger charge is -2.30. The van der Waals surface area contributed by atoms with E-state index < -0.39 is 11.9 Å². The van der Waals surface area contributed by atoms with Crippen molar-refractivity contribution in [1.29, 1.82) is 0 Å². The Labute approximate surface area is 255 Å². The molecule has 2 aliphatic heterocycles. The highest BCUT2D eigenvalue weighted by Gasteiger charge is 2.47. The number of aryl methyl sites for hydroxylation is 1. The lowest BCUT2D eigenvalue weighted by atomic mass is 9.83. The van der Waals surface area contributed by atoms with Crippen LogP contribution in [0.5, 0.6) is 23.0 Å². The molecule has 43 heavy (non-hydrogen) atoms. The van der Waals surface area contributed by atoms with Crippen LogP contribution in [0.15, 0.2) is 36.4 Å². The zero-order valence-electron chi connectivity index (χ0n) is 26.2. The number of methoxy groups -OCH3 is 2. The van der Waals surface area contributed by atoms with Gasteiger partial charge in [0.2, 0.25) is 18.4 Å². The summed E-state index contributed by atoms with van der Waals surface area (Å²) >= 11 is 0. The molecule has 4 rings (SSSR count). The van der Waals surface area contributed by atoms with Crippen molar-refractivity contribution >= 4 is 11.9 Å². The Morgan fingerprint density at radius 2 is 1.77 bits per heavy atom. The van der Waals surface area contributed by atoms with E-state index in [2.05, 4.69) is 16.7 Å². The van der Waals surface area contributed by atoms with Gasteiger partial charge in [-0.25, -0.2) is 0 Å². The number of benzene rings is 2. The molecular formula is C33H47N3O7. The maximum absolute atomic E-state index is 13.8. The molecular weight excluding hydrogens is 550 g/mol. The molecule has 0 aliphatic carbocycles. The van der Waals surface area contributed by atoms with Gasteiger partial charge in [0, 0.05) is 31.6 Å². The number of amides is 1. The fourth-order valence-corrected chi connectivity index (χ4v) is 6.33. The number of carboxylic acid groups (broad SMARTS) is 1. The van der Waals surface area contributed by atoms with Gasteiger partial charge in [0.25, 0.3) is 0 Å². The van der Waals surface area contributed by atoms with Gasteiger partial charge in [-0.1, -0.05) is 31.5 Å². The molecule has 10 heteroatoms. The number of fused-ring (bicyclic) bond motifs is 1. The summed E-state index contributed by atoms with van der Waals surface area (Å²) in [5.41, 5.74) is 1.82. The average molecular weight is 598 g/mol. The third kappa shape index (κ3) is 7.92. The van der Waals surface area contributed by atoms with Crippen LogP contribution < -0.4 is 18.9 Å². The van der Waals surface area contributed by atoms with E-state index in [9.17, 15) is 14.7 Å². The first kappa shape index (κ1) is 32.4. The minimum absolute atomic E-state index is 0.0440. The highest BCUT2D eigenvalue weighted by molar-refractivity contribution is 5.79. The van der Waals surface area contributed by atoms with Crippen LogP contribution in [0.4, 0.5) is 0 Å². The number of likely N-dealkylation sites (tertiary alicyclic amines) is 1. The summed E-state index contributed by atoms with van der Waals surface area (Å²) in [7, 11) is 7.27. The number of carbonyl (C=O) groups excluding carboxylic acids is 1. The first-order valence-corrected chi connectivity index (χ1v) is 15.3. The maximum Gasteiger partial charge on any atom is 0.308 e. The molecule has 1 fully saturated rings. The number of carbonyl (C=O) groups is 2. The predicted molar refractivity (Wildman–Crippen MR) is 164 cm³/mol. The average Bonchev–Trinajstić information content (AvgIpc) is 3.62. The van der Waals surface area contributed by atoms with E-state index in [0.717, 1.165) is 42.7 Å². The molecule has 10 nitrogen and oxygen atoms in total. The van der Waals surface area contributed by atoms with Gasteiger partial charge in [-0.15, -0.1) is 0 Å². The van der Waals surface area contributed by atoms with Crippen LogP contribution in [-0.2, 0) is 16.0 Å².